The molecule has 1 aliphatic carbocycles. The Kier molecular flexibility index (Phi) is 5.15. The third-order valence-corrected chi connectivity index (χ3v) is 3.79. The molecule has 1 aliphatic rings. The molecule has 0 aliphatic heterocycles. The highest BCUT2D eigenvalue weighted by Gasteiger charge is 2.60. The second kappa shape index (κ2) is 6.22. The van der Waals surface area contributed by atoms with Crippen LogP contribution in [-0.4, -0.2) is 25.5 Å². The van der Waals surface area contributed by atoms with Crippen LogP contribution < -0.4 is 5.32 Å². The number of rotatable bonds is 6. The van der Waals surface area contributed by atoms with E-state index in [9.17, 15) is 9.59 Å². The molecular formula is C15H25NO3. The normalized spacial score (nSPS) is 23.4. The second-order valence-corrected chi connectivity index (χ2v) is 6.04. The van der Waals surface area contributed by atoms with Gasteiger partial charge in [-0.1, -0.05) is 25.5 Å². The van der Waals surface area contributed by atoms with E-state index in [1.165, 1.54) is 12.7 Å². The molecule has 1 N–H and O–H groups in total. The zero-order valence-electron chi connectivity index (χ0n) is 12.6. The van der Waals surface area contributed by atoms with E-state index >= 15 is 0 Å². The molecule has 0 aromatic carbocycles. The fraction of sp³-hybridized carbons (Fsp3) is 0.733. The molecule has 1 rings (SSSR count). The lowest BCUT2D eigenvalue weighted by Gasteiger charge is -2.05. The Bertz CT molecular complexity index is 381. The summed E-state index contributed by atoms with van der Waals surface area (Å²) in [5.41, 5.74) is 1.29. The monoisotopic (exact) mass is 267 g/mol. The van der Waals surface area contributed by atoms with Gasteiger partial charge in [0.15, 0.2) is 0 Å². The smallest absolute Gasteiger partial charge is 0.305 e. The average molecular weight is 267 g/mol. The molecule has 0 spiro atoms. The predicted octanol–water partition coefficient (Wildman–Crippen LogP) is 2.29. The highest BCUT2D eigenvalue weighted by molar-refractivity contribution is 5.83. The summed E-state index contributed by atoms with van der Waals surface area (Å²) in [5, 5.41) is 2.91. The molecule has 19 heavy (non-hydrogen) atoms. The molecule has 0 heterocycles. The van der Waals surface area contributed by atoms with Crippen molar-refractivity contribution >= 4 is 11.9 Å². The van der Waals surface area contributed by atoms with Crippen molar-refractivity contribution < 1.29 is 14.3 Å². The van der Waals surface area contributed by atoms with E-state index in [0.29, 0.717) is 25.3 Å². The van der Waals surface area contributed by atoms with E-state index in [0.717, 1.165) is 0 Å². The van der Waals surface area contributed by atoms with Gasteiger partial charge in [-0.05, 0) is 31.6 Å². The van der Waals surface area contributed by atoms with Crippen LogP contribution in [-0.2, 0) is 14.3 Å². The number of carbonyl (C=O) groups excluding carboxylic acids is 2. The molecule has 1 fully saturated rings. The number of esters is 1. The minimum absolute atomic E-state index is 0.0453. The molecule has 0 aromatic rings. The van der Waals surface area contributed by atoms with Crippen LogP contribution in [0.1, 0.15) is 40.5 Å². The molecule has 108 valence electrons. The van der Waals surface area contributed by atoms with Crippen LogP contribution in [0, 0.1) is 17.3 Å². The summed E-state index contributed by atoms with van der Waals surface area (Å²) in [6.07, 6.45) is 3.15. The van der Waals surface area contributed by atoms with Crippen LogP contribution in [0.25, 0.3) is 0 Å². The third-order valence-electron chi connectivity index (χ3n) is 3.79. The van der Waals surface area contributed by atoms with E-state index in [1.54, 1.807) is 0 Å². The highest BCUT2D eigenvalue weighted by Crippen LogP contribution is 2.59. The first-order valence-corrected chi connectivity index (χ1v) is 6.80. The summed E-state index contributed by atoms with van der Waals surface area (Å²) >= 11 is 0. The molecule has 2 atom stereocenters. The van der Waals surface area contributed by atoms with Crippen LogP contribution in [0.3, 0.4) is 0 Å². The molecule has 1 saturated carbocycles. The van der Waals surface area contributed by atoms with Crippen molar-refractivity contribution in [1.29, 1.82) is 0 Å². The molecule has 0 radical (unpaired) electrons. The largest absolute Gasteiger partial charge is 0.469 e. The van der Waals surface area contributed by atoms with Gasteiger partial charge < -0.3 is 10.1 Å². The summed E-state index contributed by atoms with van der Waals surface area (Å²) in [5.74, 6) is 0.249. The van der Waals surface area contributed by atoms with Crippen LogP contribution in [0.4, 0.5) is 0 Å². The zero-order chi connectivity index (χ0) is 14.6. The predicted molar refractivity (Wildman–Crippen MR) is 74.5 cm³/mol. The first-order valence-electron chi connectivity index (χ1n) is 6.80. The van der Waals surface area contributed by atoms with E-state index in [1.807, 2.05) is 0 Å². The lowest BCUT2D eigenvalue weighted by Crippen LogP contribution is -2.28. The van der Waals surface area contributed by atoms with Gasteiger partial charge in [0.1, 0.15) is 0 Å². The number of carbonyl (C=O) groups is 2. The van der Waals surface area contributed by atoms with Crippen LogP contribution in [0.5, 0.6) is 0 Å². The lowest BCUT2D eigenvalue weighted by molar-refractivity contribution is -0.140. The second-order valence-electron chi connectivity index (χ2n) is 6.04. The third kappa shape index (κ3) is 4.08. The van der Waals surface area contributed by atoms with Gasteiger partial charge in [0.05, 0.1) is 13.0 Å². The molecule has 0 bridgehead atoms. The summed E-state index contributed by atoms with van der Waals surface area (Å²) in [7, 11) is 1.37. The topological polar surface area (TPSA) is 55.4 Å². The van der Waals surface area contributed by atoms with Crippen LogP contribution in [0.2, 0.25) is 0 Å². The maximum Gasteiger partial charge on any atom is 0.305 e. The van der Waals surface area contributed by atoms with Crippen molar-refractivity contribution in [3.05, 3.63) is 11.6 Å². The molecule has 0 aromatic heterocycles. The fourth-order valence-corrected chi connectivity index (χ4v) is 2.50. The molecule has 2 unspecified atom stereocenters. The SMILES string of the molecule is COC(=O)CCCNC(=O)C1C(C=C(C)C)C1(C)C. The number of hydrogen-bond donors (Lipinski definition) is 1. The average Bonchev–Trinajstić information content (AvgIpc) is 2.84. The number of hydrogen-bond acceptors (Lipinski definition) is 3. The van der Waals surface area contributed by atoms with Gasteiger partial charge in [-0.2, -0.15) is 0 Å². The lowest BCUT2D eigenvalue weighted by atomic mass is 10.1. The Morgan fingerprint density at radius 3 is 2.47 bits per heavy atom. The Hall–Kier alpha value is -1.32. The Morgan fingerprint density at radius 2 is 1.95 bits per heavy atom. The molecule has 0 saturated heterocycles. The highest BCUT2D eigenvalue weighted by atomic mass is 16.5. The molecular weight excluding hydrogens is 242 g/mol. The van der Waals surface area contributed by atoms with Crippen molar-refractivity contribution in [3.63, 3.8) is 0 Å². The van der Waals surface area contributed by atoms with Gasteiger partial charge in [0.25, 0.3) is 0 Å². The maximum atomic E-state index is 12.1. The fourth-order valence-electron chi connectivity index (χ4n) is 2.50. The first-order chi connectivity index (χ1) is 8.80. The van der Waals surface area contributed by atoms with Crippen LogP contribution in [0.15, 0.2) is 11.6 Å². The van der Waals surface area contributed by atoms with Crippen LogP contribution >= 0.6 is 0 Å². The van der Waals surface area contributed by atoms with E-state index < -0.39 is 0 Å². The summed E-state index contributed by atoms with van der Waals surface area (Å²) < 4.78 is 4.55. The van der Waals surface area contributed by atoms with Crippen molar-refractivity contribution in [2.75, 3.05) is 13.7 Å². The Balaban J connectivity index is 2.35. The van der Waals surface area contributed by atoms with Gasteiger partial charge in [0, 0.05) is 13.0 Å². The Morgan fingerprint density at radius 1 is 1.32 bits per heavy atom. The number of allylic oxidation sites excluding steroid dienone is 2. The summed E-state index contributed by atoms with van der Waals surface area (Å²) in [6.45, 7) is 8.88. The van der Waals surface area contributed by atoms with E-state index in [-0.39, 0.29) is 23.2 Å². The molecule has 1 amide bonds. The van der Waals surface area contributed by atoms with Gasteiger partial charge in [0.2, 0.25) is 5.91 Å². The number of nitrogens with one attached hydrogen (secondary N) is 1. The quantitative estimate of drug-likeness (QED) is 0.456. The summed E-state index contributed by atoms with van der Waals surface area (Å²) in [6, 6.07) is 0. The minimum Gasteiger partial charge on any atom is -0.469 e. The maximum absolute atomic E-state index is 12.1. The standard InChI is InChI=1S/C15H25NO3/c1-10(2)9-11-13(15(11,3)4)14(18)16-8-6-7-12(17)19-5/h9,11,13H,6-8H2,1-5H3,(H,16,18). The van der Waals surface area contributed by atoms with Gasteiger partial charge in [-0.3, -0.25) is 9.59 Å². The van der Waals surface area contributed by atoms with Crippen molar-refractivity contribution in [2.45, 2.75) is 40.5 Å². The summed E-state index contributed by atoms with van der Waals surface area (Å²) in [4.78, 5) is 23.0. The van der Waals surface area contributed by atoms with Gasteiger partial charge >= 0.3 is 5.97 Å². The van der Waals surface area contributed by atoms with Crippen molar-refractivity contribution in [3.8, 4) is 0 Å². The number of methoxy groups -OCH3 is 1. The Labute approximate surface area is 115 Å². The van der Waals surface area contributed by atoms with Crippen molar-refractivity contribution in [1.82, 2.24) is 5.32 Å². The minimum atomic E-state index is -0.233. The van der Waals surface area contributed by atoms with E-state index in [2.05, 4.69) is 43.8 Å². The van der Waals surface area contributed by atoms with Crippen molar-refractivity contribution in [2.24, 2.45) is 17.3 Å². The van der Waals surface area contributed by atoms with Gasteiger partial charge in [-0.15, -0.1) is 0 Å². The first kappa shape index (κ1) is 15.7. The number of ether oxygens (including phenoxy) is 1. The van der Waals surface area contributed by atoms with E-state index in [4.69, 9.17) is 0 Å². The zero-order valence-corrected chi connectivity index (χ0v) is 12.6. The number of amides is 1. The molecule has 4 heteroatoms. The van der Waals surface area contributed by atoms with Gasteiger partial charge in [-0.25, -0.2) is 0 Å². The molecule has 4 nitrogen and oxygen atoms in total.